The van der Waals surface area contributed by atoms with E-state index in [2.05, 4.69) is 54.9 Å². The maximum atomic E-state index is 5.38. The molecule has 2 aromatic rings. The molecule has 0 aromatic heterocycles. The van der Waals surface area contributed by atoms with E-state index in [-0.39, 0.29) is 0 Å². The first-order chi connectivity index (χ1) is 9.26. The molecule has 0 unspecified atom stereocenters. The normalized spacial score (nSPS) is 10.4. The van der Waals surface area contributed by atoms with E-state index in [0.717, 1.165) is 6.42 Å². The standard InChI is InChI=1S/C15H16B2NS/c1-3-12-8-9-13(11(2)10-12)14-6-4-5-7-15(14)19-18-17-16/h4-10,18H,3H2,1-2H3. The lowest BCUT2D eigenvalue weighted by molar-refractivity contribution is 1.13. The van der Waals surface area contributed by atoms with Crippen molar-refractivity contribution >= 4 is 27.0 Å². The summed E-state index contributed by atoms with van der Waals surface area (Å²) >= 11 is 1.53. The van der Waals surface area contributed by atoms with E-state index in [1.165, 1.54) is 46.4 Å². The molecule has 2 aromatic carbocycles. The number of aryl methyl sites for hydroxylation is 2. The summed E-state index contributed by atoms with van der Waals surface area (Å²) in [6.45, 7) is 4.34. The lowest BCUT2D eigenvalue weighted by atomic mass is 9.69. The first kappa shape index (κ1) is 14.3. The Hall–Kier alpha value is -1.12. The first-order valence-electron chi connectivity index (χ1n) is 6.41. The van der Waals surface area contributed by atoms with Gasteiger partial charge in [0.15, 0.2) is 7.31 Å². The quantitative estimate of drug-likeness (QED) is 0.655. The van der Waals surface area contributed by atoms with Crippen LogP contribution in [-0.2, 0) is 6.42 Å². The van der Waals surface area contributed by atoms with E-state index in [9.17, 15) is 0 Å². The fourth-order valence-electron chi connectivity index (χ4n) is 2.12. The van der Waals surface area contributed by atoms with Crippen LogP contribution >= 0.6 is 11.9 Å². The average Bonchev–Trinajstić information content (AvgIpc) is 2.45. The van der Waals surface area contributed by atoms with Crippen LogP contribution in [0.4, 0.5) is 0 Å². The minimum absolute atomic E-state index is 1.07. The second kappa shape index (κ2) is 6.88. The van der Waals surface area contributed by atoms with Gasteiger partial charge in [0, 0.05) is 12.6 Å². The lowest BCUT2D eigenvalue weighted by Crippen LogP contribution is -2.09. The Morgan fingerprint density at radius 2 is 1.95 bits per heavy atom. The molecule has 0 spiro atoms. The Morgan fingerprint density at radius 3 is 2.63 bits per heavy atom. The Labute approximate surface area is 122 Å². The van der Waals surface area contributed by atoms with Crippen molar-refractivity contribution in [3.63, 3.8) is 0 Å². The fourth-order valence-corrected chi connectivity index (χ4v) is 2.75. The first-order valence-corrected chi connectivity index (χ1v) is 7.22. The van der Waals surface area contributed by atoms with E-state index in [1.54, 1.807) is 0 Å². The fraction of sp³-hybridized carbons (Fsp3) is 0.200. The van der Waals surface area contributed by atoms with Crippen LogP contribution in [0.1, 0.15) is 18.1 Å². The van der Waals surface area contributed by atoms with Gasteiger partial charge >= 0.3 is 0 Å². The van der Waals surface area contributed by atoms with Crippen LogP contribution in [0.3, 0.4) is 0 Å². The maximum Gasteiger partial charge on any atom is 0.160 e. The molecule has 0 atom stereocenters. The molecule has 93 valence electrons. The third-order valence-electron chi connectivity index (χ3n) is 3.11. The molecule has 0 fully saturated rings. The van der Waals surface area contributed by atoms with E-state index in [4.69, 9.17) is 7.74 Å². The van der Waals surface area contributed by atoms with Crippen molar-refractivity contribution in [2.75, 3.05) is 0 Å². The SMILES string of the molecule is [B][B]NSc1ccccc1-c1ccc(CC)cc1C. The van der Waals surface area contributed by atoms with Gasteiger partial charge in [-0.1, -0.05) is 55.3 Å². The van der Waals surface area contributed by atoms with Gasteiger partial charge in [0.2, 0.25) is 0 Å². The molecule has 1 nitrogen and oxygen atoms in total. The number of nitrogens with one attached hydrogen (secondary N) is 1. The summed E-state index contributed by atoms with van der Waals surface area (Å²) in [5.41, 5.74) is 5.20. The highest BCUT2D eigenvalue weighted by molar-refractivity contribution is 7.98. The third kappa shape index (κ3) is 3.46. The number of hydrogen-bond donors (Lipinski definition) is 1. The minimum atomic E-state index is 1.07. The molecular weight excluding hydrogens is 248 g/mol. The zero-order valence-corrected chi connectivity index (χ0v) is 12.1. The van der Waals surface area contributed by atoms with Crippen molar-refractivity contribution in [1.82, 2.24) is 4.63 Å². The minimum Gasteiger partial charge on any atom is -0.315 e. The van der Waals surface area contributed by atoms with Gasteiger partial charge in [-0.15, -0.1) is 0 Å². The largest absolute Gasteiger partial charge is 0.315 e. The van der Waals surface area contributed by atoms with Crippen LogP contribution in [0.15, 0.2) is 47.4 Å². The summed E-state index contributed by atoms with van der Waals surface area (Å²) in [6.07, 6.45) is 1.07. The van der Waals surface area contributed by atoms with Gasteiger partial charge in [-0.25, -0.2) is 0 Å². The molecule has 0 amide bonds. The lowest BCUT2D eigenvalue weighted by Gasteiger charge is -2.12. The maximum absolute atomic E-state index is 5.38. The molecule has 0 aliphatic heterocycles. The van der Waals surface area contributed by atoms with Crippen LogP contribution < -0.4 is 4.63 Å². The number of benzene rings is 2. The molecule has 0 bridgehead atoms. The highest BCUT2D eigenvalue weighted by atomic mass is 32.2. The molecule has 3 radical (unpaired) electrons. The van der Waals surface area contributed by atoms with Gasteiger partial charge in [-0.05, 0) is 41.7 Å². The molecular formula is C15H16B2NS. The molecule has 4 heteroatoms. The number of hydrogen-bond acceptors (Lipinski definition) is 2. The molecule has 1 N–H and O–H groups in total. The highest BCUT2D eigenvalue weighted by Gasteiger charge is 2.07. The van der Waals surface area contributed by atoms with Crippen molar-refractivity contribution < 1.29 is 0 Å². The van der Waals surface area contributed by atoms with Crippen LogP contribution in [-0.4, -0.2) is 15.0 Å². The van der Waals surface area contributed by atoms with Gasteiger partial charge < -0.3 is 4.63 Å². The second-order valence-corrected chi connectivity index (χ2v) is 5.27. The zero-order chi connectivity index (χ0) is 13.7. The summed E-state index contributed by atoms with van der Waals surface area (Å²) in [4.78, 5) is 1.18. The number of rotatable bonds is 5. The smallest absolute Gasteiger partial charge is 0.160 e. The summed E-state index contributed by atoms with van der Waals surface area (Å²) in [6, 6.07) is 15.0. The molecule has 0 aliphatic rings. The summed E-state index contributed by atoms with van der Waals surface area (Å²) in [7, 11) is 6.83. The monoisotopic (exact) mass is 264 g/mol. The molecule has 0 saturated heterocycles. The van der Waals surface area contributed by atoms with Crippen LogP contribution in [0.2, 0.25) is 0 Å². The zero-order valence-electron chi connectivity index (χ0n) is 11.3. The molecule has 19 heavy (non-hydrogen) atoms. The van der Waals surface area contributed by atoms with E-state index in [1.807, 2.05) is 6.07 Å². The van der Waals surface area contributed by atoms with Crippen molar-refractivity contribution in [1.29, 1.82) is 0 Å². The van der Waals surface area contributed by atoms with Crippen molar-refractivity contribution in [3.8, 4) is 11.1 Å². The highest BCUT2D eigenvalue weighted by Crippen LogP contribution is 2.32. The van der Waals surface area contributed by atoms with Crippen LogP contribution in [0, 0.1) is 6.92 Å². The predicted octanol–water partition coefficient (Wildman–Crippen LogP) is 3.52. The van der Waals surface area contributed by atoms with Crippen LogP contribution in [0.25, 0.3) is 11.1 Å². The molecule has 0 saturated carbocycles. The summed E-state index contributed by atoms with van der Waals surface area (Å²) in [5.74, 6) is 0. The third-order valence-corrected chi connectivity index (χ3v) is 3.94. The Bertz CT molecular complexity index is 558. The van der Waals surface area contributed by atoms with E-state index in [0.29, 0.717) is 0 Å². The topological polar surface area (TPSA) is 12.0 Å². The Morgan fingerprint density at radius 1 is 1.16 bits per heavy atom. The van der Waals surface area contributed by atoms with Gasteiger partial charge in [0.25, 0.3) is 0 Å². The van der Waals surface area contributed by atoms with Gasteiger partial charge in [0.1, 0.15) is 0 Å². The van der Waals surface area contributed by atoms with Gasteiger partial charge in [-0.3, -0.25) is 0 Å². The van der Waals surface area contributed by atoms with Gasteiger partial charge in [0.05, 0.1) is 0 Å². The van der Waals surface area contributed by atoms with Crippen molar-refractivity contribution in [3.05, 3.63) is 53.6 Å². The van der Waals surface area contributed by atoms with E-state index >= 15 is 0 Å². The van der Waals surface area contributed by atoms with Crippen molar-refractivity contribution in [2.45, 2.75) is 25.2 Å². The molecule has 0 aliphatic carbocycles. The summed E-state index contributed by atoms with van der Waals surface area (Å²) in [5, 5.41) is 0. The van der Waals surface area contributed by atoms with E-state index < -0.39 is 0 Å². The second-order valence-electron chi connectivity index (χ2n) is 4.39. The molecule has 0 heterocycles. The Kier molecular flexibility index (Phi) is 5.17. The van der Waals surface area contributed by atoms with Crippen molar-refractivity contribution in [2.24, 2.45) is 0 Å². The van der Waals surface area contributed by atoms with Gasteiger partial charge in [-0.2, -0.15) is 0 Å². The average molecular weight is 264 g/mol. The Balaban J connectivity index is 2.40. The molecule has 2 rings (SSSR count). The van der Waals surface area contributed by atoms with Crippen LogP contribution in [0.5, 0.6) is 0 Å². The predicted molar refractivity (Wildman–Crippen MR) is 86.5 cm³/mol. The summed E-state index contributed by atoms with van der Waals surface area (Å²) < 4.78 is 2.99.